The van der Waals surface area contributed by atoms with Crippen molar-refractivity contribution in [2.75, 3.05) is 45.8 Å². The van der Waals surface area contributed by atoms with Crippen molar-refractivity contribution >= 4 is 27.5 Å². The molecule has 1 aromatic rings. The Morgan fingerprint density at radius 3 is 2.31 bits per heavy atom. The van der Waals surface area contributed by atoms with Crippen molar-refractivity contribution in [3.63, 3.8) is 0 Å². The summed E-state index contributed by atoms with van der Waals surface area (Å²) >= 11 is 6.08. The van der Waals surface area contributed by atoms with Gasteiger partial charge in [-0.2, -0.15) is 4.31 Å². The van der Waals surface area contributed by atoms with E-state index in [1.165, 1.54) is 16.8 Å². The minimum atomic E-state index is -3.55. The summed E-state index contributed by atoms with van der Waals surface area (Å²) in [5.74, 6) is 0.159. The van der Waals surface area contributed by atoms with E-state index >= 15 is 0 Å². The average Bonchev–Trinajstić information content (AvgIpc) is 2.65. The van der Waals surface area contributed by atoms with Gasteiger partial charge in [-0.25, -0.2) is 8.42 Å². The highest BCUT2D eigenvalue weighted by Gasteiger charge is 2.30. The highest BCUT2D eigenvalue weighted by Crippen LogP contribution is 2.23. The zero-order valence-electron chi connectivity index (χ0n) is 15.2. The molecule has 3 rings (SSSR count). The van der Waals surface area contributed by atoms with Gasteiger partial charge in [-0.15, -0.1) is 0 Å². The third-order valence-electron chi connectivity index (χ3n) is 5.18. The maximum absolute atomic E-state index is 12.8. The van der Waals surface area contributed by atoms with Gasteiger partial charge < -0.3 is 4.90 Å². The fraction of sp³-hybridized carbons (Fsp3) is 0.611. The predicted molar refractivity (Wildman–Crippen MR) is 102 cm³/mol. The Hall–Kier alpha value is -1.15. The number of sulfonamides is 1. The number of carbonyl (C=O) groups is 1. The van der Waals surface area contributed by atoms with E-state index in [1.807, 2.05) is 16.7 Å². The fourth-order valence-corrected chi connectivity index (χ4v) is 5.14. The zero-order chi connectivity index (χ0) is 18.7. The summed E-state index contributed by atoms with van der Waals surface area (Å²) in [6.45, 7) is 5.84. The first kappa shape index (κ1) is 19.6. The summed E-state index contributed by atoms with van der Waals surface area (Å²) in [5, 5.41) is 0.455. The molecular weight excluding hydrogens is 374 g/mol. The van der Waals surface area contributed by atoms with E-state index in [4.69, 9.17) is 11.6 Å². The van der Waals surface area contributed by atoms with Crippen molar-refractivity contribution in [3.05, 3.63) is 28.8 Å². The second-order valence-electron chi connectivity index (χ2n) is 7.03. The monoisotopic (exact) mass is 399 g/mol. The molecule has 1 amide bonds. The van der Waals surface area contributed by atoms with Crippen molar-refractivity contribution in [1.29, 1.82) is 0 Å². The number of hydrogen-bond acceptors (Lipinski definition) is 4. The van der Waals surface area contributed by atoms with E-state index < -0.39 is 10.0 Å². The standard InChI is InChI=1S/C18H26ClN3O3S/c1-15-5-6-16(13-17(15)19)26(24,25)22-11-9-20(10-12-22)14-18(23)21-7-3-2-4-8-21/h5-6,13H,2-4,7-12,14H2,1H3. The van der Waals surface area contributed by atoms with E-state index in [0.717, 1.165) is 31.5 Å². The molecule has 0 spiro atoms. The molecule has 0 aliphatic carbocycles. The Balaban J connectivity index is 1.57. The summed E-state index contributed by atoms with van der Waals surface area (Å²) < 4.78 is 27.1. The lowest BCUT2D eigenvalue weighted by atomic mass is 10.1. The van der Waals surface area contributed by atoms with Gasteiger partial charge in [-0.3, -0.25) is 9.69 Å². The summed E-state index contributed by atoms with van der Waals surface area (Å²) in [5.41, 5.74) is 0.853. The normalized spacial score (nSPS) is 20.3. The minimum absolute atomic E-state index is 0.159. The van der Waals surface area contributed by atoms with Crippen LogP contribution in [0.2, 0.25) is 5.02 Å². The highest BCUT2D eigenvalue weighted by atomic mass is 35.5. The SMILES string of the molecule is Cc1ccc(S(=O)(=O)N2CCN(CC(=O)N3CCCCC3)CC2)cc1Cl. The van der Waals surface area contributed by atoms with Crippen LogP contribution in [0.1, 0.15) is 24.8 Å². The number of piperazine rings is 1. The molecule has 26 heavy (non-hydrogen) atoms. The van der Waals surface area contributed by atoms with Crippen molar-refractivity contribution in [3.8, 4) is 0 Å². The molecule has 2 fully saturated rings. The molecule has 6 nitrogen and oxygen atoms in total. The number of amides is 1. The van der Waals surface area contributed by atoms with Gasteiger partial charge in [0.25, 0.3) is 0 Å². The van der Waals surface area contributed by atoms with E-state index in [2.05, 4.69) is 0 Å². The van der Waals surface area contributed by atoms with Crippen molar-refractivity contribution < 1.29 is 13.2 Å². The second kappa shape index (κ2) is 8.25. The van der Waals surface area contributed by atoms with Crippen LogP contribution in [-0.4, -0.2) is 74.2 Å². The van der Waals surface area contributed by atoms with Gasteiger partial charge in [0.15, 0.2) is 0 Å². The van der Waals surface area contributed by atoms with Gasteiger partial charge in [0.05, 0.1) is 11.4 Å². The Morgan fingerprint density at radius 1 is 1.04 bits per heavy atom. The molecule has 0 saturated carbocycles. The molecule has 1 aromatic carbocycles. The average molecular weight is 400 g/mol. The highest BCUT2D eigenvalue weighted by molar-refractivity contribution is 7.89. The number of benzene rings is 1. The number of likely N-dealkylation sites (tertiary alicyclic amines) is 1. The van der Waals surface area contributed by atoms with E-state index in [0.29, 0.717) is 37.7 Å². The van der Waals surface area contributed by atoms with Crippen LogP contribution in [0, 0.1) is 6.92 Å². The summed E-state index contributed by atoms with van der Waals surface area (Å²) in [6, 6.07) is 4.84. The lowest BCUT2D eigenvalue weighted by molar-refractivity contribution is -0.133. The first-order chi connectivity index (χ1) is 12.4. The van der Waals surface area contributed by atoms with Gasteiger partial charge in [0.2, 0.25) is 15.9 Å². The Labute approximate surface area is 160 Å². The maximum Gasteiger partial charge on any atom is 0.243 e. The maximum atomic E-state index is 12.8. The number of piperidine rings is 1. The van der Waals surface area contributed by atoms with Gasteiger partial charge >= 0.3 is 0 Å². The second-order valence-corrected chi connectivity index (χ2v) is 9.38. The number of aryl methyl sites for hydroxylation is 1. The molecule has 0 unspecified atom stereocenters. The van der Waals surface area contributed by atoms with Crippen LogP contribution >= 0.6 is 11.6 Å². The third-order valence-corrected chi connectivity index (χ3v) is 7.48. The van der Waals surface area contributed by atoms with Crippen molar-refractivity contribution in [1.82, 2.24) is 14.1 Å². The lowest BCUT2D eigenvalue weighted by Crippen LogP contribution is -2.51. The zero-order valence-corrected chi connectivity index (χ0v) is 16.7. The molecule has 0 N–H and O–H groups in total. The first-order valence-corrected chi connectivity index (χ1v) is 11.0. The van der Waals surface area contributed by atoms with Crippen LogP contribution in [0.25, 0.3) is 0 Å². The van der Waals surface area contributed by atoms with Gasteiger partial charge in [-0.1, -0.05) is 17.7 Å². The largest absolute Gasteiger partial charge is 0.342 e. The number of rotatable bonds is 4. The molecule has 144 valence electrons. The molecule has 0 atom stereocenters. The Morgan fingerprint density at radius 2 is 1.69 bits per heavy atom. The topological polar surface area (TPSA) is 60.9 Å². The third kappa shape index (κ3) is 4.39. The van der Waals surface area contributed by atoms with Crippen LogP contribution in [0.3, 0.4) is 0 Å². The smallest absolute Gasteiger partial charge is 0.243 e. The molecule has 0 bridgehead atoms. The number of halogens is 1. The molecule has 2 aliphatic rings. The summed E-state index contributed by atoms with van der Waals surface area (Å²) in [4.78, 5) is 16.6. The van der Waals surface area contributed by atoms with Crippen molar-refractivity contribution in [2.45, 2.75) is 31.1 Å². The number of nitrogens with zero attached hydrogens (tertiary/aromatic N) is 3. The van der Waals surface area contributed by atoms with Crippen LogP contribution in [0.15, 0.2) is 23.1 Å². The van der Waals surface area contributed by atoms with Crippen LogP contribution in [0.5, 0.6) is 0 Å². The molecule has 2 heterocycles. The molecule has 0 radical (unpaired) electrons. The Bertz CT molecular complexity index is 755. The van der Waals surface area contributed by atoms with Gasteiger partial charge in [0, 0.05) is 44.3 Å². The molecule has 0 aromatic heterocycles. The van der Waals surface area contributed by atoms with Crippen molar-refractivity contribution in [2.24, 2.45) is 0 Å². The fourth-order valence-electron chi connectivity index (χ4n) is 3.45. The van der Waals surface area contributed by atoms with E-state index in [9.17, 15) is 13.2 Å². The summed E-state index contributed by atoms with van der Waals surface area (Å²) in [6.07, 6.45) is 3.36. The number of carbonyl (C=O) groups excluding carboxylic acids is 1. The molecule has 2 aliphatic heterocycles. The van der Waals surface area contributed by atoms with Crippen LogP contribution < -0.4 is 0 Å². The quantitative estimate of drug-likeness (QED) is 0.776. The molecular formula is C18H26ClN3O3S. The summed E-state index contributed by atoms with van der Waals surface area (Å²) in [7, 11) is -3.55. The van der Waals surface area contributed by atoms with Gasteiger partial charge in [0.1, 0.15) is 0 Å². The van der Waals surface area contributed by atoms with E-state index in [-0.39, 0.29) is 10.8 Å². The minimum Gasteiger partial charge on any atom is -0.342 e. The molecule has 2 saturated heterocycles. The predicted octanol–water partition coefficient (Wildman–Crippen LogP) is 1.97. The lowest BCUT2D eigenvalue weighted by Gasteiger charge is -2.35. The number of hydrogen-bond donors (Lipinski definition) is 0. The van der Waals surface area contributed by atoms with Gasteiger partial charge in [-0.05, 0) is 43.9 Å². The molecule has 8 heteroatoms. The van der Waals surface area contributed by atoms with E-state index in [1.54, 1.807) is 12.1 Å². The van der Waals surface area contributed by atoms with Crippen LogP contribution in [-0.2, 0) is 14.8 Å². The van der Waals surface area contributed by atoms with Crippen LogP contribution in [0.4, 0.5) is 0 Å². The first-order valence-electron chi connectivity index (χ1n) is 9.14. The Kier molecular flexibility index (Phi) is 6.22.